The number of hydrogen-bond donors (Lipinski definition) is 2. The Hall–Kier alpha value is -2.73. The van der Waals surface area contributed by atoms with Gasteiger partial charge in [-0.15, -0.1) is 0 Å². The predicted octanol–water partition coefficient (Wildman–Crippen LogP) is 3.14. The first-order valence-electron chi connectivity index (χ1n) is 8.37. The molecule has 0 atom stereocenters. The minimum atomic E-state index is -0.499. The van der Waals surface area contributed by atoms with Crippen LogP contribution in [0.3, 0.4) is 0 Å². The van der Waals surface area contributed by atoms with Crippen LogP contribution in [0.2, 0.25) is 5.02 Å². The first-order valence-corrected chi connectivity index (χ1v) is 8.75. The number of rotatable bonds is 3. The van der Waals surface area contributed by atoms with Gasteiger partial charge in [0, 0.05) is 17.5 Å². The third-order valence-corrected chi connectivity index (χ3v) is 4.26. The fourth-order valence-corrected chi connectivity index (χ4v) is 2.78. The lowest BCUT2D eigenvalue weighted by molar-refractivity contribution is 0.0846. The van der Waals surface area contributed by atoms with Crippen molar-refractivity contribution in [1.82, 2.24) is 10.9 Å². The molecule has 2 amide bonds. The number of ether oxygens (including phenoxy) is 2. The molecule has 0 saturated heterocycles. The molecular weight excluding hydrogens is 356 g/mol. The predicted molar refractivity (Wildman–Crippen MR) is 97.8 cm³/mol. The molecule has 0 bridgehead atoms. The van der Waals surface area contributed by atoms with E-state index in [1.54, 1.807) is 18.2 Å². The number of hydrazine groups is 1. The zero-order chi connectivity index (χ0) is 18.5. The molecule has 0 unspecified atom stereocenters. The quantitative estimate of drug-likeness (QED) is 0.809. The first kappa shape index (κ1) is 18.1. The highest BCUT2D eigenvalue weighted by Crippen LogP contribution is 2.37. The van der Waals surface area contributed by atoms with E-state index >= 15 is 0 Å². The minimum Gasteiger partial charge on any atom is -0.489 e. The number of halogens is 1. The van der Waals surface area contributed by atoms with E-state index < -0.39 is 11.8 Å². The third kappa shape index (κ3) is 4.08. The summed E-state index contributed by atoms with van der Waals surface area (Å²) in [6, 6.07) is 10.2. The van der Waals surface area contributed by atoms with Crippen LogP contribution in [0.5, 0.6) is 11.5 Å². The molecular formula is C19H19ClN2O4. The van der Waals surface area contributed by atoms with Gasteiger partial charge in [-0.25, -0.2) is 0 Å². The molecule has 2 N–H and O–H groups in total. The molecule has 0 aromatic heterocycles. The summed E-state index contributed by atoms with van der Waals surface area (Å²) < 4.78 is 11.1. The van der Waals surface area contributed by atoms with Crippen molar-refractivity contribution in [3.8, 4) is 11.5 Å². The molecule has 1 heterocycles. The van der Waals surface area contributed by atoms with Gasteiger partial charge in [-0.2, -0.15) is 0 Å². The molecule has 0 radical (unpaired) electrons. The normalized spacial score (nSPS) is 12.8. The number of fused-ring (bicyclic) bond motifs is 1. The molecule has 1 aliphatic rings. The van der Waals surface area contributed by atoms with Crippen molar-refractivity contribution in [2.75, 3.05) is 13.2 Å². The molecule has 0 spiro atoms. The number of carbonyl (C=O) groups is 2. The summed E-state index contributed by atoms with van der Waals surface area (Å²) in [5, 5.41) is 0.288. The highest BCUT2D eigenvalue weighted by molar-refractivity contribution is 6.32. The molecule has 3 rings (SSSR count). The number of benzene rings is 2. The van der Waals surface area contributed by atoms with Crippen LogP contribution in [0.1, 0.15) is 39.6 Å². The minimum absolute atomic E-state index is 0.265. The van der Waals surface area contributed by atoms with Gasteiger partial charge in [0.25, 0.3) is 11.8 Å². The van der Waals surface area contributed by atoms with Crippen molar-refractivity contribution in [2.24, 2.45) is 0 Å². The Morgan fingerprint density at radius 1 is 1.00 bits per heavy atom. The van der Waals surface area contributed by atoms with Crippen molar-refractivity contribution in [1.29, 1.82) is 0 Å². The highest BCUT2D eigenvalue weighted by Gasteiger charge is 2.19. The van der Waals surface area contributed by atoms with Crippen molar-refractivity contribution in [3.63, 3.8) is 0 Å². The molecule has 6 nitrogen and oxygen atoms in total. The molecule has 0 saturated carbocycles. The molecule has 26 heavy (non-hydrogen) atoms. The fourth-order valence-electron chi connectivity index (χ4n) is 2.51. The van der Waals surface area contributed by atoms with Gasteiger partial charge in [0.05, 0.1) is 18.2 Å². The van der Waals surface area contributed by atoms with Crippen molar-refractivity contribution in [2.45, 2.75) is 19.8 Å². The topological polar surface area (TPSA) is 76.7 Å². The Labute approximate surface area is 156 Å². The second kappa shape index (κ2) is 8.10. The van der Waals surface area contributed by atoms with Crippen molar-refractivity contribution >= 4 is 23.4 Å². The largest absolute Gasteiger partial charge is 0.489 e. The van der Waals surface area contributed by atoms with Gasteiger partial charge in [0.1, 0.15) is 0 Å². The van der Waals surface area contributed by atoms with E-state index in [1.165, 1.54) is 6.07 Å². The second-order valence-electron chi connectivity index (χ2n) is 5.79. The molecule has 1 aliphatic heterocycles. The third-order valence-electron chi connectivity index (χ3n) is 3.98. The lowest BCUT2D eigenvalue weighted by Crippen LogP contribution is -2.41. The number of amides is 2. The molecule has 2 aromatic carbocycles. The van der Waals surface area contributed by atoms with Gasteiger partial charge >= 0.3 is 0 Å². The second-order valence-corrected chi connectivity index (χ2v) is 6.20. The molecule has 136 valence electrons. The van der Waals surface area contributed by atoms with E-state index in [2.05, 4.69) is 10.9 Å². The van der Waals surface area contributed by atoms with E-state index in [1.807, 2.05) is 19.1 Å². The highest BCUT2D eigenvalue weighted by atomic mass is 35.5. The van der Waals surface area contributed by atoms with E-state index in [0.29, 0.717) is 30.3 Å². The summed E-state index contributed by atoms with van der Waals surface area (Å²) in [4.78, 5) is 24.5. The van der Waals surface area contributed by atoms with Crippen LogP contribution in [-0.2, 0) is 6.42 Å². The van der Waals surface area contributed by atoms with Crippen LogP contribution in [0.4, 0.5) is 0 Å². The maximum atomic E-state index is 12.3. The Balaban J connectivity index is 1.67. The Morgan fingerprint density at radius 3 is 2.35 bits per heavy atom. The number of aryl methyl sites for hydroxylation is 1. The Kier molecular flexibility index (Phi) is 5.63. The maximum Gasteiger partial charge on any atom is 0.269 e. The smallest absolute Gasteiger partial charge is 0.269 e. The SMILES string of the molecule is CCc1ccc(C(=O)NNC(=O)c2cc(Cl)c3c(c2)OCCCO3)cc1. The van der Waals surface area contributed by atoms with Gasteiger partial charge in [-0.1, -0.05) is 30.7 Å². The number of carbonyl (C=O) groups excluding carboxylic acids is 2. The average Bonchev–Trinajstić information content (AvgIpc) is 2.91. The fraction of sp³-hybridized carbons (Fsp3) is 0.263. The lowest BCUT2D eigenvalue weighted by atomic mass is 10.1. The monoisotopic (exact) mass is 374 g/mol. The van der Waals surface area contributed by atoms with E-state index in [0.717, 1.165) is 18.4 Å². The summed E-state index contributed by atoms with van der Waals surface area (Å²) in [7, 11) is 0. The van der Waals surface area contributed by atoms with Crippen LogP contribution in [0, 0.1) is 0 Å². The first-order chi connectivity index (χ1) is 12.6. The molecule has 0 fully saturated rings. The number of nitrogens with one attached hydrogen (secondary N) is 2. The van der Waals surface area contributed by atoms with Gasteiger partial charge in [0.2, 0.25) is 0 Å². The summed E-state index contributed by atoms with van der Waals surface area (Å²) in [6.45, 7) is 3.03. The zero-order valence-electron chi connectivity index (χ0n) is 14.3. The van der Waals surface area contributed by atoms with Crippen molar-refractivity contribution in [3.05, 3.63) is 58.1 Å². The summed E-state index contributed by atoms with van der Waals surface area (Å²) >= 11 is 6.18. The van der Waals surface area contributed by atoms with Crippen LogP contribution in [0.25, 0.3) is 0 Å². The standard InChI is InChI=1S/C19H19ClN2O4/c1-2-12-4-6-13(7-5-12)18(23)21-22-19(24)14-10-15(20)17-16(11-14)25-8-3-9-26-17/h4-7,10-11H,2-3,8-9H2,1H3,(H,21,23)(H,22,24). The average molecular weight is 375 g/mol. The van der Waals surface area contributed by atoms with Crippen LogP contribution in [0.15, 0.2) is 36.4 Å². The van der Waals surface area contributed by atoms with Gasteiger partial charge < -0.3 is 9.47 Å². The Bertz CT molecular complexity index is 821. The van der Waals surface area contributed by atoms with Gasteiger partial charge in [-0.3, -0.25) is 20.4 Å². The summed E-state index contributed by atoms with van der Waals surface area (Å²) in [6.07, 6.45) is 1.63. The van der Waals surface area contributed by atoms with E-state index in [4.69, 9.17) is 21.1 Å². The van der Waals surface area contributed by atoms with Crippen LogP contribution < -0.4 is 20.3 Å². The molecule has 0 aliphatic carbocycles. The maximum absolute atomic E-state index is 12.3. The van der Waals surface area contributed by atoms with E-state index in [-0.39, 0.29) is 10.6 Å². The Morgan fingerprint density at radius 2 is 1.65 bits per heavy atom. The summed E-state index contributed by atoms with van der Waals surface area (Å²) in [5.74, 6) is -0.0510. The van der Waals surface area contributed by atoms with Gasteiger partial charge in [0.15, 0.2) is 11.5 Å². The zero-order valence-corrected chi connectivity index (χ0v) is 15.1. The van der Waals surface area contributed by atoms with Gasteiger partial charge in [-0.05, 0) is 36.2 Å². The van der Waals surface area contributed by atoms with E-state index in [9.17, 15) is 9.59 Å². The molecule has 7 heteroatoms. The number of hydrogen-bond acceptors (Lipinski definition) is 4. The van der Waals surface area contributed by atoms with Crippen LogP contribution in [-0.4, -0.2) is 25.0 Å². The lowest BCUT2D eigenvalue weighted by Gasteiger charge is -2.12. The van der Waals surface area contributed by atoms with Crippen LogP contribution >= 0.6 is 11.6 Å². The molecule has 2 aromatic rings. The summed E-state index contributed by atoms with van der Waals surface area (Å²) in [5.41, 5.74) is 6.63. The van der Waals surface area contributed by atoms with Crippen molar-refractivity contribution < 1.29 is 19.1 Å².